The zero-order valence-corrected chi connectivity index (χ0v) is 15.6. The molecule has 1 N–H and O–H groups in total. The maximum atomic E-state index is 10.1. The van der Waals surface area contributed by atoms with E-state index in [0.29, 0.717) is 16.3 Å². The number of aromatic hydroxyl groups is 1. The SMILES string of the molecule is Oc1c(Cl)cc(Cl)cc1C=Nc1cccc2c(-c3ccccc3)ccnc12. The van der Waals surface area contributed by atoms with Gasteiger partial charge in [-0.1, -0.05) is 65.7 Å². The molecule has 3 nitrogen and oxygen atoms in total. The number of para-hydroxylation sites is 1. The predicted molar refractivity (Wildman–Crippen MR) is 113 cm³/mol. The molecule has 3 aromatic carbocycles. The van der Waals surface area contributed by atoms with Crippen LogP contribution in [0.4, 0.5) is 5.69 Å². The number of hydrogen-bond acceptors (Lipinski definition) is 3. The average molecular weight is 393 g/mol. The van der Waals surface area contributed by atoms with Crippen molar-refractivity contribution in [1.82, 2.24) is 4.98 Å². The van der Waals surface area contributed by atoms with E-state index in [4.69, 9.17) is 23.2 Å². The number of halogens is 2. The quantitative estimate of drug-likeness (QED) is 0.396. The molecule has 0 amide bonds. The van der Waals surface area contributed by atoms with Crippen molar-refractivity contribution in [2.75, 3.05) is 0 Å². The molecule has 132 valence electrons. The molecule has 0 radical (unpaired) electrons. The van der Waals surface area contributed by atoms with Crippen molar-refractivity contribution in [3.8, 4) is 16.9 Å². The molecular weight excluding hydrogens is 379 g/mol. The van der Waals surface area contributed by atoms with Crippen LogP contribution in [0.15, 0.2) is 77.9 Å². The number of rotatable bonds is 3. The Morgan fingerprint density at radius 3 is 2.56 bits per heavy atom. The van der Waals surface area contributed by atoms with E-state index in [0.717, 1.165) is 22.0 Å². The number of benzene rings is 3. The second-order valence-electron chi connectivity index (χ2n) is 5.98. The Bertz CT molecular complexity index is 1160. The van der Waals surface area contributed by atoms with Crippen molar-refractivity contribution in [2.24, 2.45) is 4.99 Å². The highest BCUT2D eigenvalue weighted by atomic mass is 35.5. The molecule has 0 fully saturated rings. The van der Waals surface area contributed by atoms with E-state index in [9.17, 15) is 5.11 Å². The number of pyridine rings is 1. The van der Waals surface area contributed by atoms with Crippen LogP contribution in [-0.4, -0.2) is 16.3 Å². The molecule has 0 bridgehead atoms. The number of fused-ring (bicyclic) bond motifs is 1. The molecule has 0 spiro atoms. The molecule has 0 unspecified atom stereocenters. The summed E-state index contributed by atoms with van der Waals surface area (Å²) in [5.74, 6) is -0.0528. The van der Waals surface area contributed by atoms with E-state index in [1.165, 1.54) is 6.07 Å². The smallest absolute Gasteiger partial charge is 0.143 e. The Morgan fingerprint density at radius 1 is 0.926 bits per heavy atom. The first-order valence-corrected chi connectivity index (χ1v) is 9.04. The molecule has 4 aromatic rings. The second-order valence-corrected chi connectivity index (χ2v) is 6.83. The maximum absolute atomic E-state index is 10.1. The maximum Gasteiger partial charge on any atom is 0.143 e. The summed E-state index contributed by atoms with van der Waals surface area (Å²) >= 11 is 12.0. The van der Waals surface area contributed by atoms with Gasteiger partial charge in [0.05, 0.1) is 16.2 Å². The number of phenols is 1. The van der Waals surface area contributed by atoms with Gasteiger partial charge in [-0.2, -0.15) is 0 Å². The Kier molecular flexibility index (Phi) is 4.80. The van der Waals surface area contributed by atoms with Crippen LogP contribution in [0.2, 0.25) is 10.0 Å². The van der Waals surface area contributed by atoms with E-state index in [-0.39, 0.29) is 10.8 Å². The number of phenolic OH excluding ortho intramolecular Hbond substituents is 1. The van der Waals surface area contributed by atoms with E-state index < -0.39 is 0 Å². The first-order chi connectivity index (χ1) is 13.1. The van der Waals surface area contributed by atoms with Crippen molar-refractivity contribution in [1.29, 1.82) is 0 Å². The van der Waals surface area contributed by atoms with Gasteiger partial charge < -0.3 is 5.11 Å². The van der Waals surface area contributed by atoms with Crippen molar-refractivity contribution in [2.45, 2.75) is 0 Å². The van der Waals surface area contributed by atoms with Gasteiger partial charge in [0.25, 0.3) is 0 Å². The van der Waals surface area contributed by atoms with Crippen LogP contribution in [0.3, 0.4) is 0 Å². The fraction of sp³-hybridized carbons (Fsp3) is 0. The van der Waals surface area contributed by atoms with Crippen LogP contribution in [0, 0.1) is 0 Å². The van der Waals surface area contributed by atoms with Gasteiger partial charge in [0.15, 0.2) is 0 Å². The summed E-state index contributed by atoms with van der Waals surface area (Å²) in [6.45, 7) is 0. The third-order valence-electron chi connectivity index (χ3n) is 4.23. The van der Waals surface area contributed by atoms with Gasteiger partial charge in [0.2, 0.25) is 0 Å². The molecule has 0 atom stereocenters. The molecule has 27 heavy (non-hydrogen) atoms. The Hall–Kier alpha value is -2.88. The topological polar surface area (TPSA) is 45.5 Å². The normalized spacial score (nSPS) is 11.3. The van der Waals surface area contributed by atoms with Crippen molar-refractivity contribution < 1.29 is 5.11 Å². The fourth-order valence-corrected chi connectivity index (χ4v) is 3.47. The summed E-state index contributed by atoms with van der Waals surface area (Å²) < 4.78 is 0. The van der Waals surface area contributed by atoms with Gasteiger partial charge in [0, 0.05) is 28.4 Å². The summed E-state index contributed by atoms with van der Waals surface area (Å²) in [5.41, 5.74) is 4.13. The summed E-state index contributed by atoms with van der Waals surface area (Å²) in [6, 6.07) is 21.1. The Balaban J connectivity index is 1.82. The number of nitrogens with zero attached hydrogens (tertiary/aromatic N) is 2. The lowest BCUT2D eigenvalue weighted by atomic mass is 10.0. The van der Waals surface area contributed by atoms with Crippen LogP contribution in [-0.2, 0) is 0 Å². The highest BCUT2D eigenvalue weighted by Gasteiger charge is 2.09. The van der Waals surface area contributed by atoms with Crippen LogP contribution in [0.5, 0.6) is 5.75 Å². The van der Waals surface area contributed by atoms with Gasteiger partial charge in [-0.15, -0.1) is 0 Å². The summed E-state index contributed by atoms with van der Waals surface area (Å²) in [7, 11) is 0. The standard InChI is InChI=1S/C22H14Cl2N2O/c23-16-11-15(22(27)19(24)12-16)13-26-20-8-4-7-18-17(9-10-25-21(18)20)14-5-2-1-3-6-14/h1-13,27H. The Morgan fingerprint density at radius 2 is 1.74 bits per heavy atom. The molecular formula is C22H14Cl2N2O. The summed E-state index contributed by atoms with van der Waals surface area (Å²) in [5, 5.41) is 11.7. The van der Waals surface area contributed by atoms with Crippen LogP contribution in [0.1, 0.15) is 5.56 Å². The monoisotopic (exact) mass is 392 g/mol. The van der Waals surface area contributed by atoms with Crippen LogP contribution < -0.4 is 0 Å². The van der Waals surface area contributed by atoms with E-state index in [1.54, 1.807) is 18.5 Å². The molecule has 1 aromatic heterocycles. The molecule has 0 saturated carbocycles. The highest BCUT2D eigenvalue weighted by molar-refractivity contribution is 6.36. The van der Waals surface area contributed by atoms with E-state index in [2.05, 4.69) is 22.1 Å². The number of aromatic nitrogens is 1. The fourth-order valence-electron chi connectivity index (χ4n) is 2.96. The first-order valence-electron chi connectivity index (χ1n) is 8.29. The second kappa shape index (κ2) is 7.39. The molecule has 1 heterocycles. The number of aliphatic imine (C=N–C) groups is 1. The minimum atomic E-state index is -0.0528. The summed E-state index contributed by atoms with van der Waals surface area (Å²) in [4.78, 5) is 9.03. The zero-order chi connectivity index (χ0) is 18.8. The van der Waals surface area contributed by atoms with Gasteiger partial charge in [-0.05, 0) is 35.4 Å². The van der Waals surface area contributed by atoms with Crippen molar-refractivity contribution in [3.05, 3.63) is 88.5 Å². The van der Waals surface area contributed by atoms with Gasteiger partial charge >= 0.3 is 0 Å². The largest absolute Gasteiger partial charge is 0.506 e. The van der Waals surface area contributed by atoms with Crippen molar-refractivity contribution >= 4 is 46.0 Å². The lowest BCUT2D eigenvalue weighted by Crippen LogP contribution is -1.87. The first kappa shape index (κ1) is 17.5. The molecule has 0 aliphatic rings. The zero-order valence-electron chi connectivity index (χ0n) is 14.1. The third-order valence-corrected chi connectivity index (χ3v) is 4.74. The van der Waals surface area contributed by atoms with Gasteiger partial charge in [0.1, 0.15) is 5.75 Å². The van der Waals surface area contributed by atoms with E-state index >= 15 is 0 Å². The van der Waals surface area contributed by atoms with Crippen molar-refractivity contribution in [3.63, 3.8) is 0 Å². The number of hydrogen-bond donors (Lipinski definition) is 1. The van der Waals surface area contributed by atoms with Gasteiger partial charge in [-0.3, -0.25) is 9.98 Å². The highest BCUT2D eigenvalue weighted by Crippen LogP contribution is 2.33. The minimum absolute atomic E-state index is 0.0528. The lowest BCUT2D eigenvalue weighted by Gasteiger charge is -2.08. The predicted octanol–water partition coefficient (Wildman–Crippen LogP) is 6.66. The van der Waals surface area contributed by atoms with Gasteiger partial charge in [-0.25, -0.2) is 0 Å². The average Bonchev–Trinajstić information content (AvgIpc) is 2.69. The lowest BCUT2D eigenvalue weighted by molar-refractivity contribution is 0.475. The molecule has 5 heteroatoms. The summed E-state index contributed by atoms with van der Waals surface area (Å²) in [6.07, 6.45) is 3.32. The minimum Gasteiger partial charge on any atom is -0.506 e. The van der Waals surface area contributed by atoms with E-state index in [1.807, 2.05) is 42.5 Å². The molecule has 0 aliphatic carbocycles. The molecule has 0 saturated heterocycles. The van der Waals surface area contributed by atoms with Crippen LogP contribution in [0.25, 0.3) is 22.0 Å². The Labute approximate surface area is 166 Å². The molecule has 4 rings (SSSR count). The van der Waals surface area contributed by atoms with Crippen LogP contribution >= 0.6 is 23.2 Å². The third kappa shape index (κ3) is 3.52. The molecule has 0 aliphatic heterocycles.